The summed E-state index contributed by atoms with van der Waals surface area (Å²) in [6.45, 7) is 1.99. The molecule has 86 valence electrons. The van der Waals surface area contributed by atoms with Crippen molar-refractivity contribution in [1.29, 1.82) is 0 Å². The fourth-order valence-corrected chi connectivity index (χ4v) is 2.45. The number of nitrogens with two attached hydrogens (primary N) is 1. The van der Waals surface area contributed by atoms with E-state index in [0.717, 1.165) is 30.5 Å². The van der Waals surface area contributed by atoms with Crippen molar-refractivity contribution in [3.63, 3.8) is 0 Å². The summed E-state index contributed by atoms with van der Waals surface area (Å²) in [5.41, 5.74) is 7.27. The lowest BCUT2D eigenvalue weighted by Crippen LogP contribution is -2.56. The molecule has 0 spiro atoms. The Labute approximate surface area is 109 Å². The maximum atomic E-state index is 11.9. The Hall–Kier alpha value is -0.620. The Balaban J connectivity index is 2.12. The van der Waals surface area contributed by atoms with E-state index in [0.29, 0.717) is 0 Å². The highest BCUT2D eigenvalue weighted by molar-refractivity contribution is 14.1. The SMILES string of the molecule is Cc1cc(I)ccc1NC(=O)C1(N)CCC1. The zero-order valence-corrected chi connectivity index (χ0v) is 11.4. The first kappa shape index (κ1) is 11.9. The van der Waals surface area contributed by atoms with Crippen LogP contribution in [0.5, 0.6) is 0 Å². The van der Waals surface area contributed by atoms with Gasteiger partial charge in [0.15, 0.2) is 0 Å². The molecule has 3 nitrogen and oxygen atoms in total. The zero-order valence-electron chi connectivity index (χ0n) is 9.22. The molecule has 1 aromatic carbocycles. The number of carbonyl (C=O) groups excluding carboxylic acids is 1. The van der Waals surface area contributed by atoms with Gasteiger partial charge in [-0.2, -0.15) is 0 Å². The van der Waals surface area contributed by atoms with Gasteiger partial charge in [0.05, 0.1) is 5.54 Å². The Morgan fingerprint density at radius 3 is 2.69 bits per heavy atom. The minimum absolute atomic E-state index is 0.0527. The predicted molar refractivity (Wildman–Crippen MR) is 73.3 cm³/mol. The highest BCUT2D eigenvalue weighted by atomic mass is 127. The van der Waals surface area contributed by atoms with Gasteiger partial charge in [0.1, 0.15) is 0 Å². The Bertz CT molecular complexity index is 427. The molecule has 0 bridgehead atoms. The van der Waals surface area contributed by atoms with E-state index in [1.807, 2.05) is 25.1 Å². The summed E-state index contributed by atoms with van der Waals surface area (Å²) < 4.78 is 1.17. The van der Waals surface area contributed by atoms with Crippen LogP contribution in [-0.4, -0.2) is 11.4 Å². The largest absolute Gasteiger partial charge is 0.324 e. The second-order valence-corrected chi connectivity index (χ2v) is 5.67. The Kier molecular flexibility index (Phi) is 3.21. The van der Waals surface area contributed by atoms with Crippen molar-refractivity contribution in [2.75, 3.05) is 5.32 Å². The smallest absolute Gasteiger partial charge is 0.244 e. The van der Waals surface area contributed by atoms with Gasteiger partial charge in [-0.3, -0.25) is 4.79 Å². The first-order valence-corrected chi connectivity index (χ1v) is 6.46. The number of aryl methyl sites for hydroxylation is 1. The number of halogens is 1. The van der Waals surface area contributed by atoms with Gasteiger partial charge < -0.3 is 11.1 Å². The van der Waals surface area contributed by atoms with E-state index in [9.17, 15) is 4.79 Å². The molecule has 1 aromatic rings. The molecule has 3 N–H and O–H groups in total. The van der Waals surface area contributed by atoms with Gasteiger partial charge in [-0.25, -0.2) is 0 Å². The summed E-state index contributed by atoms with van der Waals surface area (Å²) in [4.78, 5) is 11.9. The van der Waals surface area contributed by atoms with Gasteiger partial charge in [-0.05, 0) is 72.5 Å². The van der Waals surface area contributed by atoms with Crippen molar-refractivity contribution in [3.05, 3.63) is 27.3 Å². The minimum atomic E-state index is -0.630. The van der Waals surface area contributed by atoms with Gasteiger partial charge in [0.25, 0.3) is 0 Å². The second-order valence-electron chi connectivity index (χ2n) is 4.42. The molecule has 0 unspecified atom stereocenters. The number of hydrogen-bond donors (Lipinski definition) is 2. The number of nitrogens with one attached hydrogen (secondary N) is 1. The van der Waals surface area contributed by atoms with E-state index in [-0.39, 0.29) is 5.91 Å². The summed E-state index contributed by atoms with van der Waals surface area (Å²) in [5.74, 6) is -0.0527. The molecule has 1 aliphatic rings. The molecule has 1 amide bonds. The molecule has 1 saturated carbocycles. The van der Waals surface area contributed by atoms with Gasteiger partial charge in [-0.1, -0.05) is 0 Å². The third-order valence-corrected chi connectivity index (χ3v) is 3.81. The first-order valence-electron chi connectivity index (χ1n) is 5.38. The van der Waals surface area contributed by atoms with Crippen LogP contribution >= 0.6 is 22.6 Å². The van der Waals surface area contributed by atoms with Crippen LogP contribution in [0.3, 0.4) is 0 Å². The second kappa shape index (κ2) is 4.33. The highest BCUT2D eigenvalue weighted by Gasteiger charge is 2.40. The molecule has 1 aliphatic carbocycles. The number of hydrogen-bond acceptors (Lipinski definition) is 2. The lowest BCUT2D eigenvalue weighted by Gasteiger charge is -2.36. The van der Waals surface area contributed by atoms with Crippen molar-refractivity contribution < 1.29 is 4.79 Å². The Morgan fingerprint density at radius 1 is 1.50 bits per heavy atom. The molecule has 16 heavy (non-hydrogen) atoms. The average Bonchev–Trinajstić information content (AvgIpc) is 2.18. The van der Waals surface area contributed by atoms with Crippen molar-refractivity contribution in [2.24, 2.45) is 5.73 Å². The van der Waals surface area contributed by atoms with E-state index in [4.69, 9.17) is 5.73 Å². The van der Waals surface area contributed by atoms with Crippen molar-refractivity contribution in [2.45, 2.75) is 31.7 Å². The third kappa shape index (κ3) is 2.22. The van der Waals surface area contributed by atoms with Gasteiger partial charge in [-0.15, -0.1) is 0 Å². The third-order valence-electron chi connectivity index (χ3n) is 3.13. The van der Waals surface area contributed by atoms with Crippen LogP contribution in [0.25, 0.3) is 0 Å². The number of amides is 1. The molecule has 2 rings (SSSR count). The van der Waals surface area contributed by atoms with E-state index < -0.39 is 5.54 Å². The predicted octanol–water partition coefficient (Wildman–Crippen LogP) is 2.42. The molecular weight excluding hydrogens is 315 g/mol. The standard InChI is InChI=1S/C12H15IN2O/c1-8-7-9(13)3-4-10(8)15-11(16)12(14)5-2-6-12/h3-4,7H,2,5-6,14H2,1H3,(H,15,16). The van der Waals surface area contributed by atoms with Crippen molar-refractivity contribution in [3.8, 4) is 0 Å². The summed E-state index contributed by atoms with van der Waals surface area (Å²) in [7, 11) is 0. The molecule has 1 fully saturated rings. The molecule has 4 heteroatoms. The molecule has 0 atom stereocenters. The quantitative estimate of drug-likeness (QED) is 0.819. The van der Waals surface area contributed by atoms with Gasteiger partial charge in [0, 0.05) is 9.26 Å². The molecule has 0 saturated heterocycles. The topological polar surface area (TPSA) is 55.1 Å². The van der Waals surface area contributed by atoms with E-state index >= 15 is 0 Å². The van der Waals surface area contributed by atoms with Crippen LogP contribution in [0.4, 0.5) is 5.69 Å². The maximum absolute atomic E-state index is 11.9. The molecule has 0 radical (unpaired) electrons. The summed E-state index contributed by atoms with van der Waals surface area (Å²) in [6, 6.07) is 5.95. The van der Waals surface area contributed by atoms with Crippen LogP contribution in [0.15, 0.2) is 18.2 Å². The number of benzene rings is 1. The van der Waals surface area contributed by atoms with Gasteiger partial charge in [0.2, 0.25) is 5.91 Å². The fourth-order valence-electron chi connectivity index (χ4n) is 1.80. The van der Waals surface area contributed by atoms with Crippen LogP contribution in [0, 0.1) is 10.5 Å². The van der Waals surface area contributed by atoms with Crippen molar-refractivity contribution >= 4 is 34.2 Å². The zero-order chi connectivity index (χ0) is 11.8. The first-order chi connectivity index (χ1) is 7.51. The minimum Gasteiger partial charge on any atom is -0.324 e. The summed E-state index contributed by atoms with van der Waals surface area (Å²) >= 11 is 2.25. The maximum Gasteiger partial charge on any atom is 0.244 e. The Morgan fingerprint density at radius 2 is 2.19 bits per heavy atom. The van der Waals surface area contributed by atoms with Crippen LogP contribution in [0.1, 0.15) is 24.8 Å². The fraction of sp³-hybridized carbons (Fsp3) is 0.417. The highest BCUT2D eigenvalue weighted by Crippen LogP contribution is 2.30. The van der Waals surface area contributed by atoms with E-state index in [1.165, 1.54) is 3.57 Å². The van der Waals surface area contributed by atoms with Crippen LogP contribution in [0.2, 0.25) is 0 Å². The average molecular weight is 330 g/mol. The van der Waals surface area contributed by atoms with Crippen molar-refractivity contribution in [1.82, 2.24) is 0 Å². The monoisotopic (exact) mass is 330 g/mol. The normalized spacial score (nSPS) is 17.7. The lowest BCUT2D eigenvalue weighted by molar-refractivity contribution is -0.123. The number of anilines is 1. The number of carbonyl (C=O) groups is 1. The van der Waals surface area contributed by atoms with Gasteiger partial charge >= 0.3 is 0 Å². The van der Waals surface area contributed by atoms with Crippen LogP contribution < -0.4 is 11.1 Å². The summed E-state index contributed by atoms with van der Waals surface area (Å²) in [5, 5.41) is 2.91. The molecule has 0 heterocycles. The molecular formula is C12H15IN2O. The lowest BCUT2D eigenvalue weighted by atomic mass is 9.77. The molecule has 0 aliphatic heterocycles. The van der Waals surface area contributed by atoms with E-state index in [2.05, 4.69) is 27.9 Å². The molecule has 0 aromatic heterocycles. The van der Waals surface area contributed by atoms with Crippen LogP contribution in [-0.2, 0) is 4.79 Å². The number of rotatable bonds is 2. The summed E-state index contributed by atoms with van der Waals surface area (Å²) in [6.07, 6.45) is 2.64. The van der Waals surface area contributed by atoms with E-state index in [1.54, 1.807) is 0 Å².